The number of rotatable bonds is 5. The lowest BCUT2D eigenvalue weighted by Gasteiger charge is -2.18. The highest BCUT2D eigenvalue weighted by Gasteiger charge is 2.27. The Morgan fingerprint density at radius 3 is 2.24 bits per heavy atom. The van der Waals surface area contributed by atoms with Crippen molar-refractivity contribution in [1.82, 2.24) is 5.32 Å². The topological polar surface area (TPSA) is 72.5 Å². The molecule has 0 saturated heterocycles. The average Bonchev–Trinajstić information content (AvgIpc) is 3.05. The zero-order valence-corrected chi connectivity index (χ0v) is 15.8. The van der Waals surface area contributed by atoms with Gasteiger partial charge in [-0.3, -0.25) is 14.4 Å². The Morgan fingerprint density at radius 1 is 0.862 bits per heavy atom. The Hall–Kier alpha value is -3.73. The Bertz CT molecular complexity index is 1100. The van der Waals surface area contributed by atoms with E-state index >= 15 is 0 Å². The quantitative estimate of drug-likeness (QED) is 0.528. The first kappa shape index (κ1) is 18.6. The third-order valence-electron chi connectivity index (χ3n) is 5.09. The molecule has 0 bridgehead atoms. The number of carbonyl (C=O) groups excluding carboxylic acids is 3. The van der Waals surface area contributed by atoms with Crippen LogP contribution in [0, 0.1) is 0 Å². The molecule has 5 nitrogen and oxygen atoms in total. The van der Waals surface area contributed by atoms with Crippen LogP contribution in [-0.4, -0.2) is 24.8 Å². The molecule has 1 N–H and O–H groups in total. The molecule has 0 radical (unpaired) electrons. The van der Waals surface area contributed by atoms with Crippen molar-refractivity contribution in [1.29, 1.82) is 0 Å². The van der Waals surface area contributed by atoms with E-state index < -0.39 is 12.0 Å². The summed E-state index contributed by atoms with van der Waals surface area (Å²) in [5.74, 6) is -0.854. The lowest BCUT2D eigenvalue weighted by Crippen LogP contribution is -2.30. The molecule has 0 heterocycles. The van der Waals surface area contributed by atoms with E-state index in [1.165, 1.54) is 7.11 Å². The van der Waals surface area contributed by atoms with Gasteiger partial charge in [0, 0.05) is 16.7 Å². The van der Waals surface area contributed by atoms with Crippen molar-refractivity contribution < 1.29 is 19.1 Å². The number of methoxy groups -OCH3 is 1. The van der Waals surface area contributed by atoms with Gasteiger partial charge >= 0.3 is 5.97 Å². The molecule has 1 amide bonds. The van der Waals surface area contributed by atoms with E-state index in [9.17, 15) is 14.4 Å². The molecule has 1 aliphatic carbocycles. The second-order valence-electron chi connectivity index (χ2n) is 6.85. The van der Waals surface area contributed by atoms with Crippen LogP contribution in [-0.2, 0) is 9.53 Å². The fraction of sp³-hybridized carbons (Fsp3) is 0.125. The molecule has 144 valence electrons. The fourth-order valence-corrected chi connectivity index (χ4v) is 3.60. The molecule has 3 aromatic rings. The first-order chi connectivity index (χ1) is 14.1. The fourth-order valence-electron chi connectivity index (χ4n) is 3.60. The van der Waals surface area contributed by atoms with Gasteiger partial charge in [-0.2, -0.15) is 0 Å². The molecule has 4 rings (SSSR count). The number of carbonyl (C=O) groups is 3. The van der Waals surface area contributed by atoms with Crippen LogP contribution in [0.25, 0.3) is 11.1 Å². The van der Waals surface area contributed by atoms with Gasteiger partial charge in [-0.05, 0) is 28.8 Å². The number of hydrogen-bond acceptors (Lipinski definition) is 4. The Kier molecular flexibility index (Phi) is 4.96. The molecule has 0 saturated carbocycles. The highest BCUT2D eigenvalue weighted by Crippen LogP contribution is 2.36. The summed E-state index contributed by atoms with van der Waals surface area (Å²) in [4.78, 5) is 37.4. The van der Waals surface area contributed by atoms with Gasteiger partial charge < -0.3 is 10.1 Å². The molecule has 1 unspecified atom stereocenters. The number of esters is 1. The first-order valence-corrected chi connectivity index (χ1v) is 9.29. The predicted molar refractivity (Wildman–Crippen MR) is 109 cm³/mol. The minimum Gasteiger partial charge on any atom is -0.469 e. The standard InChI is InChI=1S/C24H19NO4/c1-29-22(26)14-21(15-7-3-2-4-8-15)25-24(28)16-11-12-18-17-9-5-6-10-19(17)23(27)20(18)13-16/h2-13,21H,14H2,1H3,(H,25,28). The lowest BCUT2D eigenvalue weighted by atomic mass is 10.0. The summed E-state index contributed by atoms with van der Waals surface area (Å²) in [5.41, 5.74) is 4.05. The zero-order valence-electron chi connectivity index (χ0n) is 15.8. The number of fused-ring (bicyclic) bond motifs is 3. The van der Waals surface area contributed by atoms with Crippen molar-refractivity contribution in [2.75, 3.05) is 7.11 Å². The van der Waals surface area contributed by atoms with Crippen LogP contribution in [0.4, 0.5) is 0 Å². The predicted octanol–water partition coefficient (Wildman–Crippen LogP) is 3.93. The van der Waals surface area contributed by atoms with E-state index in [1.807, 2.05) is 48.5 Å². The summed E-state index contributed by atoms with van der Waals surface area (Å²) < 4.78 is 4.76. The largest absolute Gasteiger partial charge is 0.469 e. The third kappa shape index (κ3) is 3.55. The Balaban J connectivity index is 1.61. The van der Waals surface area contributed by atoms with Crippen LogP contribution in [0.15, 0.2) is 72.8 Å². The van der Waals surface area contributed by atoms with Crippen LogP contribution >= 0.6 is 0 Å². The minimum atomic E-state index is -0.530. The molecular formula is C24H19NO4. The molecule has 1 aliphatic rings. The molecule has 29 heavy (non-hydrogen) atoms. The van der Waals surface area contributed by atoms with Crippen molar-refractivity contribution >= 4 is 17.7 Å². The summed E-state index contributed by atoms with van der Waals surface area (Å²) in [7, 11) is 1.32. The van der Waals surface area contributed by atoms with Gasteiger partial charge in [0.05, 0.1) is 19.6 Å². The van der Waals surface area contributed by atoms with Gasteiger partial charge in [-0.15, -0.1) is 0 Å². The van der Waals surface area contributed by atoms with Gasteiger partial charge in [0.15, 0.2) is 5.78 Å². The van der Waals surface area contributed by atoms with E-state index in [4.69, 9.17) is 4.74 Å². The van der Waals surface area contributed by atoms with Crippen LogP contribution in [0.3, 0.4) is 0 Å². The summed E-state index contributed by atoms with van der Waals surface area (Å²) in [6.07, 6.45) is 0.0154. The van der Waals surface area contributed by atoms with Gasteiger partial charge in [-0.25, -0.2) is 0 Å². The second-order valence-corrected chi connectivity index (χ2v) is 6.85. The smallest absolute Gasteiger partial charge is 0.307 e. The van der Waals surface area contributed by atoms with Crippen molar-refractivity contribution in [3.8, 4) is 11.1 Å². The maximum Gasteiger partial charge on any atom is 0.307 e. The SMILES string of the molecule is COC(=O)CC(NC(=O)c1ccc2c(c1)C(=O)c1ccccc1-2)c1ccccc1. The van der Waals surface area contributed by atoms with E-state index in [0.29, 0.717) is 16.7 Å². The number of ether oxygens (including phenoxy) is 1. The number of ketones is 1. The first-order valence-electron chi connectivity index (χ1n) is 9.29. The number of amides is 1. The van der Waals surface area contributed by atoms with Crippen molar-refractivity contribution in [3.05, 3.63) is 95.1 Å². The normalized spacial score (nSPS) is 12.7. The van der Waals surface area contributed by atoms with Crippen LogP contribution in [0.1, 0.15) is 44.3 Å². The molecule has 0 aliphatic heterocycles. The molecule has 0 fully saturated rings. The minimum absolute atomic E-state index is 0.0154. The number of hydrogen-bond donors (Lipinski definition) is 1. The van der Waals surface area contributed by atoms with E-state index in [-0.39, 0.29) is 18.1 Å². The molecular weight excluding hydrogens is 366 g/mol. The maximum absolute atomic E-state index is 12.9. The van der Waals surface area contributed by atoms with E-state index in [1.54, 1.807) is 24.3 Å². The summed E-state index contributed by atoms with van der Waals surface area (Å²) in [6.45, 7) is 0. The van der Waals surface area contributed by atoms with E-state index in [2.05, 4.69) is 5.32 Å². The monoisotopic (exact) mass is 385 g/mol. The Morgan fingerprint density at radius 2 is 1.52 bits per heavy atom. The Labute approximate surface area is 168 Å². The third-order valence-corrected chi connectivity index (χ3v) is 5.09. The van der Waals surface area contributed by atoms with Crippen molar-refractivity contribution in [2.45, 2.75) is 12.5 Å². The zero-order chi connectivity index (χ0) is 20.4. The summed E-state index contributed by atoms with van der Waals surface area (Å²) in [6, 6.07) is 21.2. The van der Waals surface area contributed by atoms with Crippen molar-refractivity contribution in [2.24, 2.45) is 0 Å². The van der Waals surface area contributed by atoms with E-state index in [0.717, 1.165) is 16.7 Å². The average molecular weight is 385 g/mol. The summed E-state index contributed by atoms with van der Waals surface area (Å²) in [5, 5.41) is 2.89. The lowest BCUT2D eigenvalue weighted by molar-refractivity contribution is -0.141. The van der Waals surface area contributed by atoms with Gasteiger partial charge in [0.25, 0.3) is 5.91 Å². The van der Waals surface area contributed by atoms with Gasteiger partial charge in [0.1, 0.15) is 0 Å². The van der Waals surface area contributed by atoms with Gasteiger partial charge in [0.2, 0.25) is 0 Å². The molecule has 0 aromatic heterocycles. The molecule has 3 aromatic carbocycles. The van der Waals surface area contributed by atoms with Crippen LogP contribution < -0.4 is 5.32 Å². The van der Waals surface area contributed by atoms with Crippen molar-refractivity contribution in [3.63, 3.8) is 0 Å². The number of nitrogens with one attached hydrogen (secondary N) is 1. The molecule has 1 atom stereocenters. The second kappa shape index (κ2) is 7.72. The maximum atomic E-state index is 12.9. The van der Waals surface area contributed by atoms with Crippen LogP contribution in [0.2, 0.25) is 0 Å². The van der Waals surface area contributed by atoms with Crippen LogP contribution in [0.5, 0.6) is 0 Å². The molecule has 5 heteroatoms. The molecule has 0 spiro atoms. The summed E-state index contributed by atoms with van der Waals surface area (Å²) >= 11 is 0. The number of benzene rings is 3. The highest BCUT2D eigenvalue weighted by molar-refractivity contribution is 6.22. The van der Waals surface area contributed by atoms with Gasteiger partial charge in [-0.1, -0.05) is 60.7 Å². The highest BCUT2D eigenvalue weighted by atomic mass is 16.5.